The summed E-state index contributed by atoms with van der Waals surface area (Å²) in [7, 11) is -11.5. The van der Waals surface area contributed by atoms with E-state index in [2.05, 4.69) is 0 Å². The monoisotopic (exact) mass is 636 g/mol. The van der Waals surface area contributed by atoms with Crippen LogP contribution in [-0.4, -0.2) is 31.7 Å². The molecule has 3 aromatic carbocycles. The lowest BCUT2D eigenvalue weighted by atomic mass is 10.1. The molecular formula is C26H22F10O3S2. The van der Waals surface area contributed by atoms with Gasteiger partial charge in [0.2, 0.25) is 0 Å². The Hall–Kier alpha value is -2.78. The first-order valence-electron chi connectivity index (χ1n) is 11.7. The molecular weight excluding hydrogens is 614 g/mol. The second-order valence-electron chi connectivity index (χ2n) is 8.69. The van der Waals surface area contributed by atoms with Crippen LogP contribution in [0.25, 0.3) is 0 Å². The average molecular weight is 637 g/mol. The van der Waals surface area contributed by atoms with Crippen LogP contribution in [-0.2, 0) is 26.6 Å². The van der Waals surface area contributed by atoms with Gasteiger partial charge in [0.25, 0.3) is 0 Å². The number of rotatable bonds is 10. The van der Waals surface area contributed by atoms with Crippen molar-refractivity contribution in [3.05, 3.63) is 89.7 Å². The molecule has 0 aliphatic rings. The van der Waals surface area contributed by atoms with Crippen molar-refractivity contribution in [1.82, 2.24) is 0 Å². The van der Waals surface area contributed by atoms with Crippen molar-refractivity contribution in [3.8, 4) is 0 Å². The van der Waals surface area contributed by atoms with E-state index in [1.807, 2.05) is 0 Å². The second-order valence-corrected chi connectivity index (χ2v) is 13.2. The van der Waals surface area contributed by atoms with Gasteiger partial charge in [-0.25, -0.2) is 8.02 Å². The van der Waals surface area contributed by atoms with Crippen LogP contribution < -0.4 is 0 Å². The molecule has 3 aromatic rings. The minimum atomic E-state index is -7.50. The summed E-state index contributed by atoms with van der Waals surface area (Å²) in [6.07, 6.45) is -6.36. The molecule has 0 aliphatic carbocycles. The largest absolute Gasteiger partial charge is 0.460 e. The highest BCUT2D eigenvalue weighted by molar-refractivity contribution is 8.33. The summed E-state index contributed by atoms with van der Waals surface area (Å²) >= 11 is 0. The summed E-state index contributed by atoms with van der Waals surface area (Å²) in [4.78, 5) is -0.843. The van der Waals surface area contributed by atoms with Crippen LogP contribution >= 0.6 is 10.3 Å². The summed E-state index contributed by atoms with van der Waals surface area (Å²) in [5.41, 5.74) is 1.29. The predicted molar refractivity (Wildman–Crippen MR) is 131 cm³/mol. The van der Waals surface area contributed by atoms with E-state index in [4.69, 9.17) is 3.63 Å². The van der Waals surface area contributed by atoms with Gasteiger partial charge in [0.05, 0.1) is 0 Å². The highest BCUT2D eigenvalue weighted by Crippen LogP contribution is 2.71. The summed E-state index contributed by atoms with van der Waals surface area (Å²) in [6.45, 7) is 3.48. The first-order valence-corrected chi connectivity index (χ1v) is 14.7. The third-order valence-corrected chi connectivity index (χ3v) is 11.3. The van der Waals surface area contributed by atoms with Gasteiger partial charge < -0.3 is 0 Å². The van der Waals surface area contributed by atoms with Crippen molar-refractivity contribution in [2.45, 2.75) is 64.7 Å². The van der Waals surface area contributed by atoms with E-state index >= 15 is 0 Å². The van der Waals surface area contributed by atoms with Crippen molar-refractivity contribution in [2.75, 3.05) is 0 Å². The minimum absolute atomic E-state index is 0.240. The lowest BCUT2D eigenvalue weighted by molar-refractivity contribution is -0.382. The molecule has 0 aromatic heterocycles. The molecule has 0 spiro atoms. The number of benzene rings is 3. The van der Waals surface area contributed by atoms with Gasteiger partial charge in [-0.15, -0.1) is 0 Å². The summed E-state index contributed by atoms with van der Waals surface area (Å²) in [6, 6.07) is 13.9. The summed E-state index contributed by atoms with van der Waals surface area (Å²) in [5.74, 6) is -15.9. The van der Waals surface area contributed by atoms with Crippen LogP contribution in [0.3, 0.4) is 0 Å². The maximum atomic E-state index is 14.9. The van der Waals surface area contributed by atoms with Gasteiger partial charge in [-0.05, 0) is 82.8 Å². The lowest BCUT2D eigenvalue weighted by Gasteiger charge is -2.41. The van der Waals surface area contributed by atoms with E-state index in [-0.39, 0.29) is 14.7 Å². The highest BCUT2D eigenvalue weighted by Gasteiger charge is 2.86. The number of hydrogen-bond acceptors (Lipinski definition) is 3. The van der Waals surface area contributed by atoms with Crippen molar-refractivity contribution in [3.63, 3.8) is 0 Å². The zero-order chi connectivity index (χ0) is 31.1. The Labute approximate surface area is 230 Å². The Balaban J connectivity index is 2.39. The summed E-state index contributed by atoms with van der Waals surface area (Å²) < 4.78 is 168. The molecule has 0 fully saturated rings. The van der Waals surface area contributed by atoms with Crippen molar-refractivity contribution >= 4 is 20.4 Å². The second kappa shape index (κ2) is 11.1. The molecule has 0 amide bonds. The molecule has 15 heteroatoms. The fourth-order valence-electron chi connectivity index (χ4n) is 3.68. The molecule has 0 aliphatic heterocycles. The number of halogens is 10. The Kier molecular flexibility index (Phi) is 8.89. The lowest BCUT2D eigenvalue weighted by Crippen LogP contribution is -2.63. The Morgan fingerprint density at radius 3 is 1.24 bits per heavy atom. The molecule has 0 bridgehead atoms. The molecule has 226 valence electrons. The van der Waals surface area contributed by atoms with E-state index in [1.54, 1.807) is 13.8 Å². The molecule has 0 saturated carbocycles. The predicted octanol–water partition coefficient (Wildman–Crippen LogP) is 8.92. The number of aryl methyl sites for hydroxylation is 2. The Bertz CT molecular complexity index is 1410. The van der Waals surface area contributed by atoms with Crippen LogP contribution in [0, 0.1) is 5.82 Å². The highest BCUT2D eigenvalue weighted by atomic mass is 32.3. The first-order chi connectivity index (χ1) is 18.8. The van der Waals surface area contributed by atoms with Gasteiger partial charge in [0.1, 0.15) is 5.82 Å². The van der Waals surface area contributed by atoms with Gasteiger partial charge in [-0.3, -0.25) is 0 Å². The summed E-state index contributed by atoms with van der Waals surface area (Å²) in [5, 5.41) is -7.09. The quantitative estimate of drug-likeness (QED) is 0.209. The Morgan fingerprint density at radius 1 is 0.585 bits per heavy atom. The molecule has 0 heterocycles. The van der Waals surface area contributed by atoms with Gasteiger partial charge in [0, 0.05) is 14.7 Å². The van der Waals surface area contributed by atoms with Crippen molar-refractivity contribution < 1.29 is 56.0 Å². The van der Waals surface area contributed by atoms with Crippen LogP contribution in [0.4, 0.5) is 43.9 Å². The fourth-order valence-corrected chi connectivity index (χ4v) is 8.86. The van der Waals surface area contributed by atoms with Gasteiger partial charge in [-0.2, -0.15) is 47.9 Å². The molecule has 0 N–H and O–H groups in total. The zero-order valence-electron chi connectivity index (χ0n) is 21.2. The van der Waals surface area contributed by atoms with Crippen LogP contribution in [0.15, 0.2) is 87.5 Å². The SMILES string of the molecule is CCc1ccc(S(OS(=O)(=O)C(F)(F)C(F)(F)C(F)(F)C(F)(F)F)(c2ccc(F)cc2)c2ccc(CC)cc2)cc1. The van der Waals surface area contributed by atoms with Gasteiger partial charge in [-0.1, -0.05) is 38.1 Å². The zero-order valence-corrected chi connectivity index (χ0v) is 22.8. The maximum absolute atomic E-state index is 14.9. The minimum Gasteiger partial charge on any atom is -0.207 e. The van der Waals surface area contributed by atoms with E-state index in [0.29, 0.717) is 24.0 Å². The number of hydrogen-bond donors (Lipinski definition) is 0. The molecule has 41 heavy (non-hydrogen) atoms. The Morgan fingerprint density at radius 2 is 0.927 bits per heavy atom. The van der Waals surface area contributed by atoms with E-state index < -0.39 is 49.5 Å². The molecule has 3 nitrogen and oxygen atoms in total. The van der Waals surface area contributed by atoms with Gasteiger partial charge >= 0.3 is 33.4 Å². The topological polar surface area (TPSA) is 43.4 Å². The first kappa shape index (κ1) is 32.7. The normalized spacial score (nSPS) is 14.2. The number of alkyl halides is 9. The van der Waals surface area contributed by atoms with Crippen LogP contribution in [0.1, 0.15) is 25.0 Å². The molecule has 0 saturated heterocycles. The maximum Gasteiger partial charge on any atom is 0.460 e. The third kappa shape index (κ3) is 5.55. The van der Waals surface area contributed by atoms with Gasteiger partial charge in [0.15, 0.2) is 0 Å². The third-order valence-electron chi connectivity index (χ3n) is 6.09. The van der Waals surface area contributed by atoms with Crippen LogP contribution in [0.2, 0.25) is 0 Å². The van der Waals surface area contributed by atoms with Crippen molar-refractivity contribution in [2.24, 2.45) is 0 Å². The molecule has 0 radical (unpaired) electrons. The molecule has 0 unspecified atom stereocenters. The standard InChI is InChI=1S/C26H22F10O3S2/c1-3-17-5-11-20(12-6-17)40(22-15-9-19(27)10-16-22,21-13-7-18(4-2)8-14-21)39-41(37,38)26(35,36)24(30,31)23(28,29)25(32,33)34/h5-16H,3-4H2,1-2H3. The molecule has 0 atom stereocenters. The average Bonchev–Trinajstić information content (AvgIpc) is 2.91. The smallest absolute Gasteiger partial charge is 0.207 e. The fraction of sp³-hybridized carbons (Fsp3) is 0.308. The van der Waals surface area contributed by atoms with E-state index in [1.165, 1.54) is 48.5 Å². The van der Waals surface area contributed by atoms with Crippen molar-refractivity contribution in [1.29, 1.82) is 0 Å². The van der Waals surface area contributed by atoms with Crippen LogP contribution in [0.5, 0.6) is 0 Å². The van der Waals surface area contributed by atoms with E-state index in [0.717, 1.165) is 24.3 Å². The molecule has 3 rings (SSSR count). The van der Waals surface area contributed by atoms with E-state index in [9.17, 15) is 52.3 Å².